The molecule has 8 heteroatoms. The topological polar surface area (TPSA) is 79.5 Å². The summed E-state index contributed by atoms with van der Waals surface area (Å²) in [6.45, 7) is 2.41. The highest BCUT2D eigenvalue weighted by molar-refractivity contribution is 5.94. The number of H-pyrrole nitrogens is 1. The molecule has 0 radical (unpaired) electrons. The van der Waals surface area contributed by atoms with Gasteiger partial charge >= 0.3 is 0 Å². The van der Waals surface area contributed by atoms with Crippen LogP contribution in [-0.2, 0) is 9.47 Å². The van der Waals surface area contributed by atoms with Crippen LogP contribution in [0.1, 0.15) is 17.0 Å². The molecule has 1 aromatic carbocycles. The van der Waals surface area contributed by atoms with Crippen LogP contribution >= 0.6 is 0 Å². The number of carbonyl (C=O) groups excluding carboxylic acids is 1. The summed E-state index contributed by atoms with van der Waals surface area (Å²) in [5.41, 5.74) is 1.04. The third-order valence-electron chi connectivity index (χ3n) is 4.14. The number of ether oxygens (including phenoxy) is 2. The van der Waals surface area contributed by atoms with Crippen molar-refractivity contribution in [3.8, 4) is 0 Å². The Hall–Kier alpha value is -2.03. The molecule has 1 fully saturated rings. The molecule has 2 aromatic rings. The Morgan fingerprint density at radius 2 is 2.36 bits per heavy atom. The number of nitrogens with one attached hydrogen (secondary N) is 2. The Morgan fingerprint density at radius 3 is 3.16 bits per heavy atom. The van der Waals surface area contributed by atoms with E-state index in [-0.39, 0.29) is 29.7 Å². The van der Waals surface area contributed by atoms with Crippen molar-refractivity contribution >= 4 is 16.9 Å². The maximum absolute atomic E-state index is 13.3. The predicted octanol–water partition coefficient (Wildman–Crippen LogP) is 1.17. The first kappa shape index (κ1) is 17.8. The van der Waals surface area contributed by atoms with E-state index >= 15 is 0 Å². The summed E-state index contributed by atoms with van der Waals surface area (Å²) in [5, 5.41) is 2.91. The van der Waals surface area contributed by atoms with Crippen LogP contribution in [0.25, 0.3) is 11.0 Å². The number of imidazole rings is 1. The monoisotopic (exact) mass is 350 g/mol. The van der Waals surface area contributed by atoms with Gasteiger partial charge in [-0.25, -0.2) is 9.37 Å². The maximum atomic E-state index is 13.3. The van der Waals surface area contributed by atoms with E-state index in [0.717, 1.165) is 13.0 Å². The van der Waals surface area contributed by atoms with Gasteiger partial charge in [0.1, 0.15) is 5.82 Å². The highest BCUT2D eigenvalue weighted by Gasteiger charge is 2.29. The van der Waals surface area contributed by atoms with E-state index in [1.807, 2.05) is 19.0 Å². The van der Waals surface area contributed by atoms with Crippen LogP contribution in [-0.4, -0.2) is 73.4 Å². The molecule has 0 saturated carbocycles. The number of hydrogen-bond acceptors (Lipinski definition) is 5. The first-order chi connectivity index (χ1) is 12.0. The number of carbonyl (C=O) groups is 1. The smallest absolute Gasteiger partial charge is 0.287 e. The first-order valence-electron chi connectivity index (χ1n) is 8.33. The second-order valence-corrected chi connectivity index (χ2v) is 6.40. The summed E-state index contributed by atoms with van der Waals surface area (Å²) in [7, 11) is 3.97. The standard InChI is InChI=1S/C17H23FN4O3/c1-22(2)6-8-25-15-5-7-24-10-14(15)21-17(23)16-19-12-4-3-11(18)9-13(12)20-16/h3-4,9,14-15H,5-8,10H2,1-2H3,(H,19,20)(H,21,23)/t14-,15+/m1/s1. The summed E-state index contributed by atoms with van der Waals surface area (Å²) in [4.78, 5) is 21.6. The Kier molecular flexibility index (Phi) is 5.62. The van der Waals surface area contributed by atoms with E-state index in [1.54, 1.807) is 0 Å². The molecule has 2 heterocycles. The molecular formula is C17H23FN4O3. The molecule has 3 rings (SSSR count). The number of hydrogen-bond donors (Lipinski definition) is 2. The fourth-order valence-corrected chi connectivity index (χ4v) is 2.77. The normalized spacial score (nSPS) is 21.0. The van der Waals surface area contributed by atoms with Gasteiger partial charge in [0.25, 0.3) is 5.91 Å². The van der Waals surface area contributed by atoms with E-state index in [1.165, 1.54) is 18.2 Å². The molecule has 0 aliphatic carbocycles. The third kappa shape index (κ3) is 4.53. The highest BCUT2D eigenvalue weighted by atomic mass is 19.1. The maximum Gasteiger partial charge on any atom is 0.287 e. The van der Waals surface area contributed by atoms with Crippen molar-refractivity contribution in [3.63, 3.8) is 0 Å². The zero-order valence-electron chi connectivity index (χ0n) is 14.4. The van der Waals surface area contributed by atoms with Crippen LogP contribution in [0, 0.1) is 5.82 Å². The Balaban J connectivity index is 1.64. The molecule has 1 aromatic heterocycles. The molecule has 1 aliphatic rings. The molecule has 0 bridgehead atoms. The van der Waals surface area contributed by atoms with Gasteiger partial charge in [-0.3, -0.25) is 4.79 Å². The van der Waals surface area contributed by atoms with Gasteiger partial charge in [0.05, 0.1) is 36.4 Å². The predicted molar refractivity (Wildman–Crippen MR) is 91.0 cm³/mol. The molecule has 1 saturated heterocycles. The molecule has 0 spiro atoms. The number of fused-ring (bicyclic) bond motifs is 1. The fraction of sp³-hybridized carbons (Fsp3) is 0.529. The van der Waals surface area contributed by atoms with Crippen molar-refractivity contribution in [2.24, 2.45) is 0 Å². The molecule has 136 valence electrons. The van der Waals surface area contributed by atoms with Crippen LogP contribution < -0.4 is 5.32 Å². The van der Waals surface area contributed by atoms with E-state index in [0.29, 0.717) is 30.9 Å². The molecular weight excluding hydrogens is 327 g/mol. The van der Waals surface area contributed by atoms with Crippen LogP contribution in [0.2, 0.25) is 0 Å². The van der Waals surface area contributed by atoms with Gasteiger partial charge in [0.15, 0.2) is 5.82 Å². The molecule has 2 N–H and O–H groups in total. The van der Waals surface area contributed by atoms with Crippen molar-refractivity contribution in [1.29, 1.82) is 0 Å². The zero-order valence-corrected chi connectivity index (χ0v) is 14.4. The minimum atomic E-state index is -0.377. The number of aromatic nitrogens is 2. The number of nitrogens with zero attached hydrogens (tertiary/aromatic N) is 2. The number of halogens is 1. The molecule has 1 aliphatic heterocycles. The van der Waals surface area contributed by atoms with Crippen molar-refractivity contribution in [3.05, 3.63) is 29.8 Å². The lowest BCUT2D eigenvalue weighted by Crippen LogP contribution is -2.51. The van der Waals surface area contributed by atoms with E-state index in [4.69, 9.17) is 9.47 Å². The van der Waals surface area contributed by atoms with Gasteiger partial charge in [0, 0.05) is 13.2 Å². The summed E-state index contributed by atoms with van der Waals surface area (Å²) in [5.74, 6) is -0.579. The van der Waals surface area contributed by atoms with Gasteiger partial charge in [-0.1, -0.05) is 0 Å². The average molecular weight is 350 g/mol. The molecule has 7 nitrogen and oxygen atoms in total. The van der Waals surface area contributed by atoms with Crippen molar-refractivity contribution in [1.82, 2.24) is 20.2 Å². The molecule has 0 unspecified atom stereocenters. The number of amides is 1. The molecule has 1 amide bonds. The van der Waals surface area contributed by atoms with Crippen molar-refractivity contribution < 1.29 is 18.7 Å². The molecule has 2 atom stereocenters. The van der Waals surface area contributed by atoms with Crippen LogP contribution in [0.5, 0.6) is 0 Å². The fourth-order valence-electron chi connectivity index (χ4n) is 2.77. The van der Waals surface area contributed by atoms with Gasteiger partial charge in [-0.05, 0) is 38.7 Å². The van der Waals surface area contributed by atoms with Crippen molar-refractivity contribution in [2.75, 3.05) is 40.5 Å². The second kappa shape index (κ2) is 7.90. The minimum absolute atomic E-state index is 0.0977. The minimum Gasteiger partial charge on any atom is -0.379 e. The summed E-state index contributed by atoms with van der Waals surface area (Å²) in [6, 6.07) is 3.92. The number of likely N-dealkylation sites (N-methyl/N-ethyl adjacent to an activating group) is 1. The van der Waals surface area contributed by atoms with E-state index in [9.17, 15) is 9.18 Å². The van der Waals surface area contributed by atoms with Gasteiger partial charge in [-0.15, -0.1) is 0 Å². The number of benzene rings is 1. The van der Waals surface area contributed by atoms with Crippen LogP contribution in [0.15, 0.2) is 18.2 Å². The third-order valence-corrected chi connectivity index (χ3v) is 4.14. The lowest BCUT2D eigenvalue weighted by Gasteiger charge is -2.32. The summed E-state index contributed by atoms with van der Waals surface area (Å²) in [6.07, 6.45) is 0.628. The van der Waals surface area contributed by atoms with Crippen molar-refractivity contribution in [2.45, 2.75) is 18.6 Å². The first-order valence-corrected chi connectivity index (χ1v) is 8.33. The van der Waals surface area contributed by atoms with Gasteiger partial charge in [-0.2, -0.15) is 0 Å². The second-order valence-electron chi connectivity index (χ2n) is 6.40. The van der Waals surface area contributed by atoms with Gasteiger partial charge in [0.2, 0.25) is 0 Å². The number of rotatable bonds is 6. The summed E-state index contributed by atoms with van der Waals surface area (Å²) < 4.78 is 24.6. The number of aromatic amines is 1. The molecule has 25 heavy (non-hydrogen) atoms. The SMILES string of the molecule is CN(C)CCO[C@H]1CCOC[C@H]1NC(=O)c1nc2ccc(F)cc2[nH]1. The Labute approximate surface area is 145 Å². The lowest BCUT2D eigenvalue weighted by atomic mass is 10.1. The average Bonchev–Trinajstić information content (AvgIpc) is 2.99. The largest absolute Gasteiger partial charge is 0.379 e. The quantitative estimate of drug-likeness (QED) is 0.818. The highest BCUT2D eigenvalue weighted by Crippen LogP contribution is 2.15. The van der Waals surface area contributed by atoms with E-state index < -0.39 is 0 Å². The lowest BCUT2D eigenvalue weighted by molar-refractivity contribution is -0.0562. The van der Waals surface area contributed by atoms with Crippen LogP contribution in [0.3, 0.4) is 0 Å². The summed E-state index contributed by atoms with van der Waals surface area (Å²) >= 11 is 0. The van der Waals surface area contributed by atoms with E-state index in [2.05, 4.69) is 15.3 Å². The van der Waals surface area contributed by atoms with Gasteiger partial charge < -0.3 is 24.7 Å². The Bertz CT molecular complexity index is 734. The zero-order chi connectivity index (χ0) is 17.8. The van der Waals surface area contributed by atoms with Crippen LogP contribution in [0.4, 0.5) is 4.39 Å². The Morgan fingerprint density at radius 1 is 1.52 bits per heavy atom.